The molecule has 6 nitrogen and oxygen atoms in total. The number of halogens is 2. The highest BCUT2D eigenvalue weighted by atomic mass is 35.5. The first-order valence-electron chi connectivity index (χ1n) is 5.75. The smallest absolute Gasteiger partial charge is 0.341 e. The van der Waals surface area contributed by atoms with Crippen LogP contribution in [0.4, 0.5) is 5.69 Å². The molecule has 0 radical (unpaired) electrons. The second-order valence-electron chi connectivity index (χ2n) is 4.01. The first-order chi connectivity index (χ1) is 9.95. The predicted octanol–water partition coefficient (Wildman–Crippen LogP) is 3.04. The number of hydrogen-bond acceptors (Lipinski definition) is 3. The van der Waals surface area contributed by atoms with Crippen LogP contribution in [0.2, 0.25) is 10.2 Å². The number of nitrogens with one attached hydrogen (secondary N) is 2. The zero-order chi connectivity index (χ0) is 15.4. The molecule has 0 bridgehead atoms. The monoisotopic (exact) mass is 328 g/mol. The molecular formula is C13H10Cl2N2O4. The Labute approximate surface area is 129 Å². The summed E-state index contributed by atoms with van der Waals surface area (Å²) in [6.07, 6.45) is 0. The van der Waals surface area contributed by atoms with Crippen molar-refractivity contribution in [3.63, 3.8) is 0 Å². The summed E-state index contributed by atoms with van der Waals surface area (Å²) < 4.78 is 4.98. The highest BCUT2D eigenvalue weighted by molar-refractivity contribution is 6.41. The van der Waals surface area contributed by atoms with Crippen LogP contribution < -0.4 is 10.1 Å². The van der Waals surface area contributed by atoms with E-state index in [1.807, 2.05) is 0 Å². The van der Waals surface area contributed by atoms with E-state index in [1.165, 1.54) is 6.07 Å². The number of aliphatic carboxylic acids is 1. The molecule has 1 aromatic carbocycles. The minimum Gasteiger partial charge on any atom is -0.482 e. The standard InChI is InChI=1S/C13H10Cl2N2O4/c14-9-5-10(17-12(9)15)13(20)16-7-1-3-8(4-2-7)21-6-11(18)19/h1-5,17H,6H2,(H,16,20)(H,18,19). The maximum atomic E-state index is 11.9. The quantitative estimate of drug-likeness (QED) is 0.786. The van der Waals surface area contributed by atoms with Gasteiger partial charge in [0.1, 0.15) is 16.6 Å². The Kier molecular flexibility index (Phi) is 4.72. The summed E-state index contributed by atoms with van der Waals surface area (Å²) in [5, 5.41) is 11.6. The zero-order valence-corrected chi connectivity index (χ0v) is 12.0. The molecule has 1 amide bonds. The second-order valence-corrected chi connectivity index (χ2v) is 4.79. The van der Waals surface area contributed by atoms with Gasteiger partial charge in [0.15, 0.2) is 6.61 Å². The van der Waals surface area contributed by atoms with Crippen molar-refractivity contribution in [1.29, 1.82) is 0 Å². The van der Waals surface area contributed by atoms with Crippen molar-refractivity contribution in [3.8, 4) is 5.75 Å². The van der Waals surface area contributed by atoms with Crippen molar-refractivity contribution < 1.29 is 19.4 Å². The Balaban J connectivity index is 1.99. The normalized spacial score (nSPS) is 10.2. The Bertz CT molecular complexity index is 648. The molecule has 0 fully saturated rings. The molecule has 0 saturated carbocycles. The maximum absolute atomic E-state index is 11.9. The fourth-order valence-electron chi connectivity index (χ4n) is 1.50. The highest BCUT2D eigenvalue weighted by Gasteiger charge is 2.11. The molecule has 0 unspecified atom stereocenters. The molecule has 110 valence electrons. The average Bonchev–Trinajstić information content (AvgIpc) is 2.78. The minimum absolute atomic E-state index is 0.194. The molecule has 3 N–H and O–H groups in total. The first-order valence-corrected chi connectivity index (χ1v) is 6.51. The van der Waals surface area contributed by atoms with E-state index in [4.69, 9.17) is 33.0 Å². The van der Waals surface area contributed by atoms with E-state index in [0.717, 1.165) is 0 Å². The van der Waals surface area contributed by atoms with Gasteiger partial charge in [0.2, 0.25) is 0 Å². The Morgan fingerprint density at radius 1 is 1.24 bits per heavy atom. The number of benzene rings is 1. The number of ether oxygens (including phenoxy) is 1. The number of rotatable bonds is 5. The summed E-state index contributed by atoms with van der Waals surface area (Å²) in [5.74, 6) is -1.07. The summed E-state index contributed by atoms with van der Waals surface area (Å²) >= 11 is 11.5. The molecule has 2 rings (SSSR count). The number of H-pyrrole nitrogens is 1. The predicted molar refractivity (Wildman–Crippen MR) is 78.3 cm³/mol. The lowest BCUT2D eigenvalue weighted by molar-refractivity contribution is -0.139. The lowest BCUT2D eigenvalue weighted by atomic mass is 10.3. The Morgan fingerprint density at radius 3 is 2.43 bits per heavy atom. The summed E-state index contributed by atoms with van der Waals surface area (Å²) in [4.78, 5) is 24.9. The van der Waals surface area contributed by atoms with Crippen molar-refractivity contribution in [2.75, 3.05) is 11.9 Å². The van der Waals surface area contributed by atoms with Crippen LogP contribution in [-0.4, -0.2) is 28.6 Å². The molecule has 0 saturated heterocycles. The van der Waals surface area contributed by atoms with E-state index >= 15 is 0 Å². The van der Waals surface area contributed by atoms with Gasteiger partial charge in [-0.1, -0.05) is 23.2 Å². The third-order valence-electron chi connectivity index (χ3n) is 2.44. The van der Waals surface area contributed by atoms with Crippen molar-refractivity contribution >= 4 is 40.8 Å². The van der Waals surface area contributed by atoms with Gasteiger partial charge in [-0.25, -0.2) is 4.79 Å². The van der Waals surface area contributed by atoms with Crippen LogP contribution in [0.5, 0.6) is 5.75 Å². The van der Waals surface area contributed by atoms with Gasteiger partial charge < -0.3 is 20.1 Å². The van der Waals surface area contributed by atoms with Gasteiger partial charge >= 0.3 is 5.97 Å². The molecule has 0 aliphatic rings. The van der Waals surface area contributed by atoms with Crippen LogP contribution in [0.15, 0.2) is 30.3 Å². The van der Waals surface area contributed by atoms with E-state index in [2.05, 4.69) is 10.3 Å². The number of carbonyl (C=O) groups excluding carboxylic acids is 1. The molecular weight excluding hydrogens is 319 g/mol. The van der Waals surface area contributed by atoms with Crippen molar-refractivity contribution in [1.82, 2.24) is 4.98 Å². The zero-order valence-electron chi connectivity index (χ0n) is 10.5. The Morgan fingerprint density at radius 2 is 1.90 bits per heavy atom. The van der Waals surface area contributed by atoms with Crippen LogP contribution >= 0.6 is 23.2 Å². The number of amides is 1. The van der Waals surface area contributed by atoms with E-state index in [1.54, 1.807) is 24.3 Å². The summed E-state index contributed by atoms with van der Waals surface area (Å²) in [6, 6.07) is 7.69. The third-order valence-corrected chi connectivity index (χ3v) is 3.14. The van der Waals surface area contributed by atoms with Gasteiger partial charge in [-0.15, -0.1) is 0 Å². The largest absolute Gasteiger partial charge is 0.482 e. The number of aromatic amines is 1. The van der Waals surface area contributed by atoms with Gasteiger partial charge in [-0.3, -0.25) is 4.79 Å². The molecule has 21 heavy (non-hydrogen) atoms. The van der Waals surface area contributed by atoms with Crippen LogP contribution in [0, 0.1) is 0 Å². The first kappa shape index (κ1) is 15.2. The van der Waals surface area contributed by atoms with Gasteiger partial charge in [0, 0.05) is 5.69 Å². The van der Waals surface area contributed by atoms with Gasteiger partial charge in [0.05, 0.1) is 5.02 Å². The summed E-state index contributed by atoms with van der Waals surface area (Å²) in [5.41, 5.74) is 0.751. The van der Waals surface area contributed by atoms with Crippen LogP contribution in [-0.2, 0) is 4.79 Å². The molecule has 1 aromatic heterocycles. The Hall–Kier alpha value is -2.18. The number of carboxylic acids is 1. The number of aromatic nitrogens is 1. The fourth-order valence-corrected chi connectivity index (χ4v) is 1.82. The SMILES string of the molecule is O=C(O)COc1ccc(NC(=O)c2cc(Cl)c(Cl)[nH]2)cc1. The van der Waals surface area contributed by atoms with Crippen molar-refractivity contribution in [2.24, 2.45) is 0 Å². The van der Waals surface area contributed by atoms with Crippen LogP contribution in [0.1, 0.15) is 10.5 Å². The minimum atomic E-state index is -1.06. The van der Waals surface area contributed by atoms with Crippen LogP contribution in [0.3, 0.4) is 0 Å². The molecule has 0 spiro atoms. The van der Waals surface area contributed by atoms with E-state index in [9.17, 15) is 9.59 Å². The van der Waals surface area contributed by atoms with Gasteiger partial charge in [-0.05, 0) is 30.3 Å². The second kappa shape index (κ2) is 6.51. The highest BCUT2D eigenvalue weighted by Crippen LogP contribution is 2.23. The van der Waals surface area contributed by atoms with Gasteiger partial charge in [-0.2, -0.15) is 0 Å². The lowest BCUT2D eigenvalue weighted by Gasteiger charge is -2.06. The third kappa shape index (κ3) is 4.14. The van der Waals surface area contributed by atoms with Crippen LogP contribution in [0.25, 0.3) is 0 Å². The molecule has 1 heterocycles. The van der Waals surface area contributed by atoms with Crippen molar-refractivity contribution in [2.45, 2.75) is 0 Å². The average molecular weight is 329 g/mol. The number of hydrogen-bond donors (Lipinski definition) is 3. The topological polar surface area (TPSA) is 91.4 Å². The number of carboxylic acid groups (broad SMARTS) is 1. The lowest BCUT2D eigenvalue weighted by Crippen LogP contribution is -2.12. The number of anilines is 1. The van der Waals surface area contributed by atoms with Crippen molar-refractivity contribution in [3.05, 3.63) is 46.2 Å². The number of carbonyl (C=O) groups is 2. The van der Waals surface area contributed by atoms with Gasteiger partial charge in [0.25, 0.3) is 5.91 Å². The van der Waals surface area contributed by atoms with E-state index in [0.29, 0.717) is 11.4 Å². The fraction of sp³-hybridized carbons (Fsp3) is 0.0769. The summed E-state index contributed by atoms with van der Waals surface area (Å²) in [7, 11) is 0. The summed E-state index contributed by atoms with van der Waals surface area (Å²) in [6.45, 7) is -0.425. The molecule has 2 aromatic rings. The van der Waals surface area contributed by atoms with E-state index in [-0.39, 0.29) is 15.9 Å². The molecule has 0 aliphatic carbocycles. The molecule has 0 aliphatic heterocycles. The van der Waals surface area contributed by atoms with E-state index < -0.39 is 18.5 Å². The molecule has 8 heteroatoms. The maximum Gasteiger partial charge on any atom is 0.341 e. The molecule has 0 atom stereocenters.